The third-order valence-corrected chi connectivity index (χ3v) is 3.29. The maximum atomic E-state index is 4.10. The molecule has 0 aliphatic rings. The van der Waals surface area contributed by atoms with E-state index in [1.165, 1.54) is 11.1 Å². The van der Waals surface area contributed by atoms with Gasteiger partial charge in [-0.3, -0.25) is 4.98 Å². The zero-order chi connectivity index (χ0) is 12.9. The van der Waals surface area contributed by atoms with E-state index in [1.807, 2.05) is 24.7 Å². The van der Waals surface area contributed by atoms with Gasteiger partial charge in [-0.25, -0.2) is 4.98 Å². The fraction of sp³-hybridized carbons (Fsp3) is 0.125. The highest BCUT2D eigenvalue weighted by Gasteiger charge is 2.15. The lowest BCUT2D eigenvalue weighted by Gasteiger charge is -2.17. The van der Waals surface area contributed by atoms with Crippen molar-refractivity contribution in [2.75, 3.05) is 0 Å². The molecule has 0 amide bonds. The molecule has 0 spiro atoms. The molecule has 0 radical (unpaired) electrons. The fourth-order valence-electron chi connectivity index (χ4n) is 2.33. The van der Waals surface area contributed by atoms with Gasteiger partial charge in [0.2, 0.25) is 0 Å². The van der Waals surface area contributed by atoms with Crippen LogP contribution in [0.1, 0.15) is 22.7 Å². The van der Waals surface area contributed by atoms with E-state index in [-0.39, 0.29) is 0 Å². The molecule has 0 aliphatic heterocycles. The average molecular weight is 249 g/mol. The van der Waals surface area contributed by atoms with Crippen molar-refractivity contribution in [1.82, 2.24) is 15.0 Å². The van der Waals surface area contributed by atoms with Gasteiger partial charge in [-0.05, 0) is 29.7 Å². The second kappa shape index (κ2) is 5.48. The van der Waals surface area contributed by atoms with Crippen LogP contribution in [0.4, 0.5) is 0 Å². The largest absolute Gasteiger partial charge is 0.348 e. The zero-order valence-corrected chi connectivity index (χ0v) is 10.5. The number of aromatic nitrogens is 3. The van der Waals surface area contributed by atoms with Crippen LogP contribution in [0.15, 0.2) is 67.4 Å². The summed E-state index contributed by atoms with van der Waals surface area (Å²) in [5.74, 6) is 0.324. The first-order valence-corrected chi connectivity index (χ1v) is 6.35. The number of imidazole rings is 1. The molecule has 3 aromatic rings. The van der Waals surface area contributed by atoms with E-state index >= 15 is 0 Å². The molecule has 3 heteroatoms. The molecule has 1 N–H and O–H groups in total. The Morgan fingerprint density at radius 2 is 1.63 bits per heavy atom. The molecule has 0 saturated heterocycles. The van der Waals surface area contributed by atoms with Crippen molar-refractivity contribution >= 4 is 0 Å². The lowest BCUT2D eigenvalue weighted by molar-refractivity contribution is 0.786. The SMILES string of the molecule is c1ccc(C(Cc2cnc[nH]2)c2ccncc2)cc1. The quantitative estimate of drug-likeness (QED) is 0.771. The third kappa shape index (κ3) is 2.71. The van der Waals surface area contributed by atoms with Gasteiger partial charge in [0.15, 0.2) is 0 Å². The first kappa shape index (κ1) is 11.7. The highest BCUT2D eigenvalue weighted by atomic mass is 14.9. The molecule has 2 heterocycles. The maximum absolute atomic E-state index is 4.10. The van der Waals surface area contributed by atoms with E-state index in [0.717, 1.165) is 12.1 Å². The van der Waals surface area contributed by atoms with Crippen LogP contribution >= 0.6 is 0 Å². The minimum Gasteiger partial charge on any atom is -0.348 e. The van der Waals surface area contributed by atoms with Crippen molar-refractivity contribution in [2.45, 2.75) is 12.3 Å². The van der Waals surface area contributed by atoms with Crippen LogP contribution in [0, 0.1) is 0 Å². The molecule has 0 saturated carbocycles. The summed E-state index contributed by atoms with van der Waals surface area (Å²) in [6.07, 6.45) is 8.21. The summed E-state index contributed by atoms with van der Waals surface area (Å²) >= 11 is 0. The molecular weight excluding hydrogens is 234 g/mol. The topological polar surface area (TPSA) is 41.6 Å². The Bertz CT molecular complexity index is 564. The zero-order valence-electron chi connectivity index (χ0n) is 10.5. The Labute approximate surface area is 112 Å². The molecule has 0 fully saturated rings. The predicted octanol–water partition coefficient (Wildman–Crippen LogP) is 3.18. The lowest BCUT2D eigenvalue weighted by Crippen LogP contribution is -2.05. The number of nitrogens with one attached hydrogen (secondary N) is 1. The van der Waals surface area contributed by atoms with Crippen LogP contribution in [0.3, 0.4) is 0 Å². The van der Waals surface area contributed by atoms with Gasteiger partial charge in [0.25, 0.3) is 0 Å². The number of pyridine rings is 1. The number of nitrogens with zero attached hydrogens (tertiary/aromatic N) is 2. The summed E-state index contributed by atoms with van der Waals surface area (Å²) in [5, 5.41) is 0. The van der Waals surface area contributed by atoms with Crippen LogP contribution in [-0.2, 0) is 6.42 Å². The molecule has 3 rings (SSSR count). The van der Waals surface area contributed by atoms with Crippen molar-refractivity contribution in [1.29, 1.82) is 0 Å². The summed E-state index contributed by atoms with van der Waals surface area (Å²) in [5.41, 5.74) is 3.73. The summed E-state index contributed by atoms with van der Waals surface area (Å²) in [6.45, 7) is 0. The van der Waals surface area contributed by atoms with Crippen molar-refractivity contribution in [3.63, 3.8) is 0 Å². The molecule has 1 atom stereocenters. The summed E-state index contributed by atoms with van der Waals surface area (Å²) in [7, 11) is 0. The Kier molecular flexibility index (Phi) is 3.36. The van der Waals surface area contributed by atoms with Crippen molar-refractivity contribution in [3.8, 4) is 0 Å². The van der Waals surface area contributed by atoms with E-state index in [4.69, 9.17) is 0 Å². The molecule has 1 aromatic carbocycles. The number of hydrogen-bond acceptors (Lipinski definition) is 2. The predicted molar refractivity (Wildman–Crippen MR) is 74.8 cm³/mol. The number of aromatic amines is 1. The Morgan fingerprint density at radius 1 is 0.895 bits per heavy atom. The number of benzene rings is 1. The number of rotatable bonds is 4. The minimum atomic E-state index is 0.324. The van der Waals surface area contributed by atoms with Gasteiger partial charge in [-0.1, -0.05) is 30.3 Å². The fourth-order valence-corrected chi connectivity index (χ4v) is 2.33. The van der Waals surface area contributed by atoms with Crippen LogP contribution in [-0.4, -0.2) is 15.0 Å². The van der Waals surface area contributed by atoms with Gasteiger partial charge < -0.3 is 4.98 Å². The molecule has 94 valence electrons. The first-order valence-electron chi connectivity index (χ1n) is 6.35. The summed E-state index contributed by atoms with van der Waals surface area (Å²) in [4.78, 5) is 11.4. The van der Waals surface area contributed by atoms with Gasteiger partial charge in [0.05, 0.1) is 6.33 Å². The van der Waals surface area contributed by atoms with Crippen LogP contribution < -0.4 is 0 Å². The molecule has 1 unspecified atom stereocenters. The lowest BCUT2D eigenvalue weighted by atomic mass is 9.88. The summed E-state index contributed by atoms with van der Waals surface area (Å²) in [6, 6.07) is 14.7. The molecule has 19 heavy (non-hydrogen) atoms. The monoisotopic (exact) mass is 249 g/mol. The van der Waals surface area contributed by atoms with Gasteiger partial charge in [-0.15, -0.1) is 0 Å². The van der Waals surface area contributed by atoms with E-state index in [1.54, 1.807) is 6.33 Å². The van der Waals surface area contributed by atoms with Crippen LogP contribution in [0.25, 0.3) is 0 Å². The normalized spacial score (nSPS) is 12.2. The first-order chi connectivity index (χ1) is 9.43. The molecular formula is C16H15N3. The third-order valence-electron chi connectivity index (χ3n) is 3.29. The maximum Gasteiger partial charge on any atom is 0.0921 e. The number of H-pyrrole nitrogens is 1. The van der Waals surface area contributed by atoms with E-state index in [2.05, 4.69) is 51.4 Å². The standard InChI is InChI=1S/C16H15N3/c1-2-4-13(5-3-1)16(10-15-11-18-12-19-15)14-6-8-17-9-7-14/h1-9,11-12,16H,10H2,(H,18,19). The molecule has 3 nitrogen and oxygen atoms in total. The van der Waals surface area contributed by atoms with E-state index in [0.29, 0.717) is 5.92 Å². The summed E-state index contributed by atoms with van der Waals surface area (Å²) < 4.78 is 0. The van der Waals surface area contributed by atoms with Crippen molar-refractivity contribution in [2.24, 2.45) is 0 Å². The Hall–Kier alpha value is -2.42. The van der Waals surface area contributed by atoms with Crippen molar-refractivity contribution in [3.05, 3.63) is 84.2 Å². The van der Waals surface area contributed by atoms with E-state index in [9.17, 15) is 0 Å². The molecule has 2 aromatic heterocycles. The highest BCUT2D eigenvalue weighted by molar-refractivity contribution is 5.32. The average Bonchev–Trinajstić information content (AvgIpc) is 3.00. The highest BCUT2D eigenvalue weighted by Crippen LogP contribution is 2.27. The van der Waals surface area contributed by atoms with Gasteiger partial charge in [0, 0.05) is 30.2 Å². The Morgan fingerprint density at radius 3 is 2.32 bits per heavy atom. The Balaban J connectivity index is 1.96. The second-order valence-electron chi connectivity index (χ2n) is 4.52. The minimum absolute atomic E-state index is 0.324. The van der Waals surface area contributed by atoms with E-state index < -0.39 is 0 Å². The van der Waals surface area contributed by atoms with Crippen LogP contribution in [0.5, 0.6) is 0 Å². The molecule has 0 bridgehead atoms. The number of hydrogen-bond donors (Lipinski definition) is 1. The van der Waals surface area contributed by atoms with Crippen LogP contribution in [0.2, 0.25) is 0 Å². The van der Waals surface area contributed by atoms with Gasteiger partial charge in [-0.2, -0.15) is 0 Å². The van der Waals surface area contributed by atoms with Crippen molar-refractivity contribution < 1.29 is 0 Å². The molecule has 0 aliphatic carbocycles. The second-order valence-corrected chi connectivity index (χ2v) is 4.52. The van der Waals surface area contributed by atoms with Gasteiger partial charge in [0.1, 0.15) is 0 Å². The smallest absolute Gasteiger partial charge is 0.0921 e. The van der Waals surface area contributed by atoms with Gasteiger partial charge >= 0.3 is 0 Å².